The van der Waals surface area contributed by atoms with Crippen molar-refractivity contribution in [3.63, 3.8) is 0 Å². The standard InChI is InChI=1S/C14H23ClN2O3/c1-14(2,3)20-13(19)16-6-4-11(5-7-16)17-9-10(15)8-12(17)18/h10-11H,4-9H2,1-3H3. The van der Waals surface area contributed by atoms with Crippen LogP contribution in [0, 0.1) is 0 Å². The van der Waals surface area contributed by atoms with Gasteiger partial charge in [-0.25, -0.2) is 4.79 Å². The Kier molecular flexibility index (Phi) is 4.47. The topological polar surface area (TPSA) is 49.9 Å². The maximum absolute atomic E-state index is 12.0. The van der Waals surface area contributed by atoms with Gasteiger partial charge in [0, 0.05) is 32.1 Å². The molecule has 2 saturated heterocycles. The Morgan fingerprint density at radius 2 is 1.90 bits per heavy atom. The molecule has 0 aliphatic carbocycles. The number of ether oxygens (including phenoxy) is 1. The zero-order valence-electron chi connectivity index (χ0n) is 12.4. The largest absolute Gasteiger partial charge is 0.444 e. The van der Waals surface area contributed by atoms with E-state index in [1.165, 1.54) is 0 Å². The van der Waals surface area contributed by atoms with Crippen LogP contribution in [0.2, 0.25) is 0 Å². The Morgan fingerprint density at radius 1 is 1.30 bits per heavy atom. The van der Waals surface area contributed by atoms with Crippen molar-refractivity contribution in [1.29, 1.82) is 0 Å². The smallest absolute Gasteiger partial charge is 0.410 e. The molecule has 6 heteroatoms. The van der Waals surface area contributed by atoms with E-state index in [4.69, 9.17) is 16.3 Å². The maximum Gasteiger partial charge on any atom is 0.410 e. The lowest BCUT2D eigenvalue weighted by molar-refractivity contribution is -0.130. The molecular formula is C14H23ClN2O3. The highest BCUT2D eigenvalue weighted by Gasteiger charge is 2.36. The predicted molar refractivity (Wildman–Crippen MR) is 76.8 cm³/mol. The van der Waals surface area contributed by atoms with E-state index in [9.17, 15) is 9.59 Å². The van der Waals surface area contributed by atoms with Gasteiger partial charge in [0.05, 0.1) is 5.38 Å². The number of hydrogen-bond donors (Lipinski definition) is 0. The number of amides is 2. The molecule has 20 heavy (non-hydrogen) atoms. The molecule has 0 aromatic carbocycles. The average Bonchev–Trinajstić information content (AvgIpc) is 2.66. The van der Waals surface area contributed by atoms with E-state index in [2.05, 4.69) is 0 Å². The molecule has 2 amide bonds. The van der Waals surface area contributed by atoms with E-state index in [1.54, 1.807) is 4.90 Å². The van der Waals surface area contributed by atoms with Gasteiger partial charge in [-0.2, -0.15) is 0 Å². The monoisotopic (exact) mass is 302 g/mol. The zero-order valence-corrected chi connectivity index (χ0v) is 13.2. The number of alkyl halides is 1. The van der Waals surface area contributed by atoms with Crippen molar-refractivity contribution < 1.29 is 14.3 Å². The normalized spacial score (nSPS) is 25.2. The first kappa shape index (κ1) is 15.4. The highest BCUT2D eigenvalue weighted by molar-refractivity contribution is 6.22. The van der Waals surface area contributed by atoms with E-state index in [-0.39, 0.29) is 23.4 Å². The highest BCUT2D eigenvalue weighted by atomic mass is 35.5. The summed E-state index contributed by atoms with van der Waals surface area (Å²) in [4.78, 5) is 27.4. The van der Waals surface area contributed by atoms with Crippen molar-refractivity contribution in [3.8, 4) is 0 Å². The fourth-order valence-electron chi connectivity index (χ4n) is 2.73. The summed E-state index contributed by atoms with van der Waals surface area (Å²) in [6.07, 6.45) is 1.77. The molecule has 2 rings (SSSR count). The van der Waals surface area contributed by atoms with Gasteiger partial charge in [0.1, 0.15) is 5.60 Å². The lowest BCUT2D eigenvalue weighted by atomic mass is 10.0. The van der Waals surface area contributed by atoms with Crippen LogP contribution in [0.25, 0.3) is 0 Å². The maximum atomic E-state index is 12.0. The second-order valence-electron chi connectivity index (χ2n) is 6.55. The van der Waals surface area contributed by atoms with E-state index >= 15 is 0 Å². The fourth-order valence-corrected chi connectivity index (χ4v) is 3.01. The summed E-state index contributed by atoms with van der Waals surface area (Å²) in [6, 6.07) is 0.213. The molecule has 0 aromatic heterocycles. The summed E-state index contributed by atoms with van der Waals surface area (Å²) in [7, 11) is 0. The second kappa shape index (κ2) is 5.80. The van der Waals surface area contributed by atoms with Crippen LogP contribution < -0.4 is 0 Å². The van der Waals surface area contributed by atoms with Crippen LogP contribution in [0.1, 0.15) is 40.0 Å². The summed E-state index contributed by atoms with van der Waals surface area (Å²) < 4.78 is 5.36. The first-order valence-corrected chi connectivity index (χ1v) is 7.61. The van der Waals surface area contributed by atoms with Crippen LogP contribution >= 0.6 is 11.6 Å². The van der Waals surface area contributed by atoms with Gasteiger partial charge in [-0.15, -0.1) is 11.6 Å². The van der Waals surface area contributed by atoms with Crippen LogP contribution in [0.5, 0.6) is 0 Å². The Balaban J connectivity index is 1.83. The molecule has 1 atom stereocenters. The van der Waals surface area contributed by atoms with Crippen LogP contribution in [0.3, 0.4) is 0 Å². The number of likely N-dealkylation sites (tertiary alicyclic amines) is 2. The Morgan fingerprint density at radius 3 is 2.35 bits per heavy atom. The van der Waals surface area contributed by atoms with Crippen LogP contribution in [0.15, 0.2) is 0 Å². The number of carbonyl (C=O) groups is 2. The lowest BCUT2D eigenvalue weighted by Gasteiger charge is -2.37. The van der Waals surface area contributed by atoms with Gasteiger partial charge < -0.3 is 14.5 Å². The molecule has 2 aliphatic rings. The number of carbonyl (C=O) groups excluding carboxylic acids is 2. The minimum absolute atomic E-state index is 0.0635. The van der Waals surface area contributed by atoms with E-state index in [0.717, 1.165) is 12.8 Å². The molecule has 0 N–H and O–H groups in total. The molecule has 0 bridgehead atoms. The molecule has 2 aliphatic heterocycles. The molecule has 0 saturated carbocycles. The van der Waals surface area contributed by atoms with Crippen molar-refractivity contribution >= 4 is 23.6 Å². The predicted octanol–water partition coefficient (Wildman–Crippen LogP) is 2.23. The Labute approximate surface area is 125 Å². The number of piperidine rings is 1. The quantitative estimate of drug-likeness (QED) is 0.698. The zero-order chi connectivity index (χ0) is 14.9. The molecule has 0 spiro atoms. The number of rotatable bonds is 1. The molecule has 5 nitrogen and oxygen atoms in total. The SMILES string of the molecule is CC(C)(C)OC(=O)N1CCC(N2CC(Cl)CC2=O)CC1. The molecule has 1 unspecified atom stereocenters. The fraction of sp³-hybridized carbons (Fsp3) is 0.857. The van der Waals surface area contributed by atoms with Gasteiger partial charge in [-0.05, 0) is 33.6 Å². The third-order valence-electron chi connectivity index (χ3n) is 3.67. The van der Waals surface area contributed by atoms with Crippen molar-refractivity contribution in [1.82, 2.24) is 9.80 Å². The molecule has 2 fully saturated rings. The van der Waals surface area contributed by atoms with Gasteiger partial charge in [0.2, 0.25) is 5.91 Å². The number of nitrogens with zero attached hydrogens (tertiary/aromatic N) is 2. The minimum atomic E-state index is -0.468. The Bertz CT molecular complexity index is 386. The summed E-state index contributed by atoms with van der Waals surface area (Å²) in [6.45, 7) is 7.49. The molecule has 0 aromatic rings. The third kappa shape index (κ3) is 3.78. The molecule has 0 radical (unpaired) electrons. The first-order valence-electron chi connectivity index (χ1n) is 7.18. The van der Waals surface area contributed by atoms with Crippen molar-refractivity contribution in [2.45, 2.75) is 57.1 Å². The minimum Gasteiger partial charge on any atom is -0.444 e. The van der Waals surface area contributed by atoms with Gasteiger partial charge >= 0.3 is 6.09 Å². The molecular weight excluding hydrogens is 280 g/mol. The van der Waals surface area contributed by atoms with Crippen LogP contribution in [-0.2, 0) is 9.53 Å². The lowest BCUT2D eigenvalue weighted by Crippen LogP contribution is -2.48. The Hall–Kier alpha value is -0.970. The molecule has 2 heterocycles. The highest BCUT2D eigenvalue weighted by Crippen LogP contribution is 2.25. The third-order valence-corrected chi connectivity index (χ3v) is 3.96. The number of hydrogen-bond acceptors (Lipinski definition) is 3. The average molecular weight is 303 g/mol. The van der Waals surface area contributed by atoms with Gasteiger partial charge in [-0.3, -0.25) is 4.79 Å². The van der Waals surface area contributed by atoms with E-state index < -0.39 is 5.60 Å². The summed E-state index contributed by atoms with van der Waals surface area (Å²) >= 11 is 6.03. The molecule has 114 valence electrons. The second-order valence-corrected chi connectivity index (χ2v) is 7.16. The first-order chi connectivity index (χ1) is 9.26. The van der Waals surface area contributed by atoms with Gasteiger partial charge in [-0.1, -0.05) is 0 Å². The van der Waals surface area contributed by atoms with Crippen molar-refractivity contribution in [2.75, 3.05) is 19.6 Å². The van der Waals surface area contributed by atoms with E-state index in [0.29, 0.717) is 26.1 Å². The van der Waals surface area contributed by atoms with Crippen molar-refractivity contribution in [2.24, 2.45) is 0 Å². The van der Waals surface area contributed by atoms with Crippen molar-refractivity contribution in [3.05, 3.63) is 0 Å². The summed E-state index contributed by atoms with van der Waals surface area (Å²) in [5.74, 6) is 0.140. The number of halogens is 1. The van der Waals surface area contributed by atoms with Gasteiger partial charge in [0.15, 0.2) is 0 Å². The van der Waals surface area contributed by atoms with E-state index in [1.807, 2.05) is 25.7 Å². The van der Waals surface area contributed by atoms with Gasteiger partial charge in [0.25, 0.3) is 0 Å². The summed E-state index contributed by atoms with van der Waals surface area (Å²) in [5.41, 5.74) is -0.468. The van der Waals surface area contributed by atoms with Crippen LogP contribution in [-0.4, -0.2) is 58.5 Å². The summed E-state index contributed by atoms with van der Waals surface area (Å²) in [5, 5.41) is -0.0635. The van der Waals surface area contributed by atoms with Crippen LogP contribution in [0.4, 0.5) is 4.79 Å².